The molecule has 0 saturated carbocycles. The van der Waals surface area contributed by atoms with Crippen LogP contribution in [-0.2, 0) is 11.3 Å². The van der Waals surface area contributed by atoms with Crippen LogP contribution in [0.25, 0.3) is 10.4 Å². The Balaban J connectivity index is 2.25. The number of benzene rings is 1. The van der Waals surface area contributed by atoms with Gasteiger partial charge in [-0.15, -0.1) is 11.3 Å². The van der Waals surface area contributed by atoms with Gasteiger partial charge in [0, 0.05) is 13.0 Å². The summed E-state index contributed by atoms with van der Waals surface area (Å²) in [6.45, 7) is 0.417. The van der Waals surface area contributed by atoms with E-state index in [0.717, 1.165) is 10.4 Å². The number of thiazole rings is 1. The number of aromatic nitrogens is 1. The third kappa shape index (κ3) is 3.21. The van der Waals surface area contributed by atoms with Gasteiger partial charge in [-0.25, -0.2) is 0 Å². The molecule has 0 radical (unpaired) electrons. The van der Waals surface area contributed by atoms with Crippen LogP contribution in [-0.4, -0.2) is 20.7 Å². The highest BCUT2D eigenvalue weighted by atomic mass is 32.1. The predicted molar refractivity (Wildman–Crippen MR) is 77.1 cm³/mol. The Bertz CT molecular complexity index is 631. The summed E-state index contributed by atoms with van der Waals surface area (Å²) in [5.74, 6) is -0.726. The molecule has 0 bridgehead atoms. The number of carboxylic acids is 1. The molecule has 0 aliphatic heterocycles. The van der Waals surface area contributed by atoms with E-state index in [1.807, 2.05) is 30.3 Å². The lowest BCUT2D eigenvalue weighted by molar-refractivity contribution is -0.137. The highest BCUT2D eigenvalue weighted by molar-refractivity contribution is 7.73. The molecule has 4 nitrogen and oxygen atoms in total. The highest BCUT2D eigenvalue weighted by Crippen LogP contribution is 2.35. The van der Waals surface area contributed by atoms with Crippen LogP contribution >= 0.6 is 23.6 Å². The van der Waals surface area contributed by atoms with Crippen LogP contribution in [0.4, 0.5) is 0 Å². The average molecular weight is 295 g/mol. The maximum atomic E-state index is 10.5. The van der Waals surface area contributed by atoms with Crippen molar-refractivity contribution < 1.29 is 15.0 Å². The van der Waals surface area contributed by atoms with E-state index in [1.165, 1.54) is 11.3 Å². The van der Waals surface area contributed by atoms with Gasteiger partial charge in [0.15, 0.2) is 3.95 Å². The number of rotatable bonds is 5. The third-order valence-electron chi connectivity index (χ3n) is 2.68. The quantitative estimate of drug-likeness (QED) is 0.829. The summed E-state index contributed by atoms with van der Waals surface area (Å²) < 4.78 is 2.15. The number of aromatic hydroxyl groups is 1. The number of carboxylic acid groups (broad SMARTS) is 1. The van der Waals surface area contributed by atoms with E-state index in [0.29, 0.717) is 16.9 Å². The largest absolute Gasteiger partial charge is 0.493 e. The van der Waals surface area contributed by atoms with Gasteiger partial charge in [0.05, 0.1) is 4.88 Å². The van der Waals surface area contributed by atoms with Crippen molar-refractivity contribution in [2.45, 2.75) is 19.4 Å². The smallest absolute Gasteiger partial charge is 0.303 e. The Labute approximate surface area is 119 Å². The second-order valence-corrected chi connectivity index (χ2v) is 5.68. The summed E-state index contributed by atoms with van der Waals surface area (Å²) in [6, 6.07) is 9.51. The van der Waals surface area contributed by atoms with Crippen molar-refractivity contribution in [2.75, 3.05) is 0 Å². The van der Waals surface area contributed by atoms with Crippen molar-refractivity contribution >= 4 is 29.5 Å². The van der Waals surface area contributed by atoms with Gasteiger partial charge in [-0.3, -0.25) is 9.36 Å². The maximum absolute atomic E-state index is 10.5. The molecule has 0 fully saturated rings. The zero-order valence-corrected chi connectivity index (χ0v) is 11.7. The van der Waals surface area contributed by atoms with Crippen LogP contribution in [0.1, 0.15) is 12.8 Å². The molecule has 1 aromatic heterocycles. The Hall–Kier alpha value is -1.66. The van der Waals surface area contributed by atoms with Crippen molar-refractivity contribution in [3.63, 3.8) is 0 Å². The lowest BCUT2D eigenvalue weighted by Gasteiger charge is -2.04. The molecule has 0 aliphatic rings. The van der Waals surface area contributed by atoms with Crippen LogP contribution in [0.5, 0.6) is 5.88 Å². The molecule has 0 aliphatic carbocycles. The molecule has 2 aromatic rings. The minimum Gasteiger partial charge on any atom is -0.493 e. The zero-order chi connectivity index (χ0) is 13.8. The fraction of sp³-hybridized carbons (Fsp3) is 0.231. The molecule has 0 spiro atoms. The number of nitrogens with zero attached hydrogens (tertiary/aromatic N) is 1. The van der Waals surface area contributed by atoms with Crippen LogP contribution in [0.2, 0.25) is 0 Å². The van der Waals surface area contributed by atoms with Gasteiger partial charge in [-0.2, -0.15) is 0 Å². The molecule has 0 saturated heterocycles. The molecular weight excluding hydrogens is 282 g/mol. The molecule has 19 heavy (non-hydrogen) atoms. The molecule has 100 valence electrons. The molecule has 0 amide bonds. The number of carbonyl (C=O) groups is 1. The molecule has 0 unspecified atom stereocenters. The van der Waals surface area contributed by atoms with Crippen molar-refractivity contribution in [3.8, 4) is 16.3 Å². The highest BCUT2D eigenvalue weighted by Gasteiger charge is 2.13. The zero-order valence-electron chi connectivity index (χ0n) is 10.1. The first-order valence-corrected chi connectivity index (χ1v) is 7.02. The van der Waals surface area contributed by atoms with Gasteiger partial charge in [0.2, 0.25) is 5.88 Å². The predicted octanol–water partition coefficient (Wildman–Crippen LogP) is 3.52. The Morgan fingerprint density at radius 1 is 1.32 bits per heavy atom. The fourth-order valence-electron chi connectivity index (χ4n) is 1.76. The van der Waals surface area contributed by atoms with Gasteiger partial charge in [-0.1, -0.05) is 30.3 Å². The molecule has 1 heterocycles. The van der Waals surface area contributed by atoms with Crippen molar-refractivity contribution in [3.05, 3.63) is 34.3 Å². The van der Waals surface area contributed by atoms with E-state index in [9.17, 15) is 9.90 Å². The molecule has 2 N–H and O–H groups in total. The number of hydrogen-bond donors (Lipinski definition) is 2. The summed E-state index contributed by atoms with van der Waals surface area (Å²) >= 11 is 6.55. The van der Waals surface area contributed by atoms with Gasteiger partial charge in [0.25, 0.3) is 0 Å². The van der Waals surface area contributed by atoms with E-state index >= 15 is 0 Å². The van der Waals surface area contributed by atoms with Gasteiger partial charge < -0.3 is 10.2 Å². The molecule has 1 aromatic carbocycles. The number of hydrogen-bond acceptors (Lipinski definition) is 4. The molecule has 0 atom stereocenters. The first-order valence-electron chi connectivity index (χ1n) is 5.79. The second-order valence-electron chi connectivity index (χ2n) is 4.04. The number of aliphatic carboxylic acids is 1. The van der Waals surface area contributed by atoms with Gasteiger partial charge in [0.1, 0.15) is 0 Å². The Kier molecular flexibility index (Phi) is 4.34. The van der Waals surface area contributed by atoms with Crippen LogP contribution in [0.3, 0.4) is 0 Å². The van der Waals surface area contributed by atoms with Gasteiger partial charge in [-0.05, 0) is 24.2 Å². The Morgan fingerprint density at radius 2 is 2.00 bits per heavy atom. The molecule has 2 rings (SSSR count). The van der Waals surface area contributed by atoms with E-state index in [1.54, 1.807) is 4.57 Å². The van der Waals surface area contributed by atoms with Crippen molar-refractivity contribution in [1.29, 1.82) is 0 Å². The summed E-state index contributed by atoms with van der Waals surface area (Å²) in [5, 5.41) is 18.8. The topological polar surface area (TPSA) is 62.5 Å². The van der Waals surface area contributed by atoms with Gasteiger partial charge >= 0.3 is 5.97 Å². The van der Waals surface area contributed by atoms with Crippen molar-refractivity contribution in [2.24, 2.45) is 0 Å². The fourth-order valence-corrected chi connectivity index (χ4v) is 3.11. The van der Waals surface area contributed by atoms with E-state index in [-0.39, 0.29) is 12.3 Å². The maximum Gasteiger partial charge on any atom is 0.303 e. The minimum atomic E-state index is -0.843. The first kappa shape index (κ1) is 13.8. The minimum absolute atomic E-state index is 0.0672. The third-order valence-corrected chi connectivity index (χ3v) is 4.16. The standard InChI is InChI=1S/C13H13NO3S2/c15-10(16)7-4-8-14-12(17)11(19-13(14)18)9-5-2-1-3-6-9/h1-3,5-6,17H,4,7-8H2,(H,15,16). The summed E-state index contributed by atoms with van der Waals surface area (Å²) in [6.07, 6.45) is 0.514. The van der Waals surface area contributed by atoms with Crippen LogP contribution in [0.15, 0.2) is 30.3 Å². The normalized spacial score (nSPS) is 10.5. The first-order chi connectivity index (χ1) is 9.09. The SMILES string of the molecule is O=C(O)CCCn1c(O)c(-c2ccccc2)sc1=S. The van der Waals surface area contributed by atoms with E-state index < -0.39 is 5.97 Å². The Morgan fingerprint density at radius 3 is 2.63 bits per heavy atom. The van der Waals surface area contributed by atoms with E-state index in [2.05, 4.69) is 0 Å². The second kappa shape index (κ2) is 5.99. The molecule has 6 heteroatoms. The summed E-state index contributed by atoms with van der Waals surface area (Å²) in [5.41, 5.74) is 0.910. The summed E-state index contributed by atoms with van der Waals surface area (Å²) in [4.78, 5) is 11.2. The lowest BCUT2D eigenvalue weighted by Crippen LogP contribution is -2.01. The van der Waals surface area contributed by atoms with Crippen LogP contribution in [0, 0.1) is 3.95 Å². The average Bonchev–Trinajstić information content (AvgIpc) is 2.67. The van der Waals surface area contributed by atoms with E-state index in [4.69, 9.17) is 17.3 Å². The lowest BCUT2D eigenvalue weighted by atomic mass is 10.2. The molecular formula is C13H13NO3S2. The van der Waals surface area contributed by atoms with Crippen LogP contribution < -0.4 is 0 Å². The van der Waals surface area contributed by atoms with Crippen molar-refractivity contribution in [1.82, 2.24) is 4.57 Å². The monoisotopic (exact) mass is 295 g/mol. The summed E-state index contributed by atoms with van der Waals surface area (Å²) in [7, 11) is 0.